The molecule has 0 heterocycles. The highest BCUT2D eigenvalue weighted by molar-refractivity contribution is 5.74. The Morgan fingerprint density at radius 2 is 1.61 bits per heavy atom. The van der Waals surface area contributed by atoms with Crippen molar-refractivity contribution in [2.24, 2.45) is 0 Å². The summed E-state index contributed by atoms with van der Waals surface area (Å²) in [6.45, 7) is 9.16. The monoisotopic (exact) mass is 237 g/mol. The Balaban J connectivity index is 2.52. The highest BCUT2D eigenvalue weighted by Gasteiger charge is 2.11. The van der Waals surface area contributed by atoms with Crippen LogP contribution >= 0.6 is 0 Å². The molecule has 0 saturated carbocycles. The molecule has 0 amide bonds. The first-order valence-electron chi connectivity index (χ1n) is 6.32. The first kappa shape index (κ1) is 12.4. The predicted octanol–water partition coefficient (Wildman–Crippen LogP) is 4.80. The minimum atomic E-state index is 0.940. The SMILES string of the molecule is C=Cc1ccccc1N(CC)c1ccccc1C. The fourth-order valence-corrected chi connectivity index (χ4v) is 2.24. The van der Waals surface area contributed by atoms with E-state index in [2.05, 4.69) is 67.8 Å². The molecule has 0 fully saturated rings. The van der Waals surface area contributed by atoms with Gasteiger partial charge in [0.05, 0.1) is 0 Å². The molecular weight excluding hydrogens is 218 g/mol. The molecule has 1 heteroatoms. The molecule has 0 radical (unpaired) electrons. The zero-order valence-corrected chi connectivity index (χ0v) is 11.1. The van der Waals surface area contributed by atoms with Crippen LogP contribution in [0.1, 0.15) is 18.1 Å². The van der Waals surface area contributed by atoms with Crippen LogP contribution < -0.4 is 4.90 Å². The third-order valence-electron chi connectivity index (χ3n) is 3.17. The predicted molar refractivity (Wildman–Crippen MR) is 80.4 cm³/mol. The van der Waals surface area contributed by atoms with Crippen molar-refractivity contribution >= 4 is 17.5 Å². The Labute approximate surface area is 109 Å². The Hall–Kier alpha value is -2.02. The average molecular weight is 237 g/mol. The van der Waals surface area contributed by atoms with Crippen molar-refractivity contribution in [3.63, 3.8) is 0 Å². The van der Waals surface area contributed by atoms with Crippen LogP contribution in [0.2, 0.25) is 0 Å². The standard InChI is InChI=1S/C17H19N/c1-4-15-11-7-9-13-17(15)18(5-2)16-12-8-6-10-14(16)3/h4,6-13H,1,5H2,2-3H3. The zero-order valence-electron chi connectivity index (χ0n) is 11.1. The second-order valence-electron chi connectivity index (χ2n) is 4.29. The molecule has 0 atom stereocenters. The Morgan fingerprint density at radius 1 is 1.00 bits per heavy atom. The number of aryl methyl sites for hydroxylation is 1. The number of rotatable bonds is 4. The molecule has 2 aromatic rings. The molecule has 0 bridgehead atoms. The van der Waals surface area contributed by atoms with Crippen LogP contribution in [0.3, 0.4) is 0 Å². The lowest BCUT2D eigenvalue weighted by Crippen LogP contribution is -2.17. The first-order chi connectivity index (χ1) is 8.77. The molecule has 0 aliphatic carbocycles. The van der Waals surface area contributed by atoms with Gasteiger partial charge in [-0.3, -0.25) is 0 Å². The minimum absolute atomic E-state index is 0.940. The van der Waals surface area contributed by atoms with E-state index in [1.807, 2.05) is 12.1 Å². The zero-order chi connectivity index (χ0) is 13.0. The Morgan fingerprint density at radius 3 is 2.22 bits per heavy atom. The fraction of sp³-hybridized carbons (Fsp3) is 0.176. The van der Waals surface area contributed by atoms with Crippen LogP contribution in [0.15, 0.2) is 55.1 Å². The molecule has 0 aliphatic rings. The summed E-state index contributed by atoms with van der Waals surface area (Å²) in [6.07, 6.45) is 1.91. The number of nitrogens with zero attached hydrogens (tertiary/aromatic N) is 1. The summed E-state index contributed by atoms with van der Waals surface area (Å²) in [6, 6.07) is 16.8. The summed E-state index contributed by atoms with van der Waals surface area (Å²) in [5.41, 5.74) is 4.93. The molecule has 0 unspecified atom stereocenters. The fourth-order valence-electron chi connectivity index (χ4n) is 2.24. The van der Waals surface area contributed by atoms with Gasteiger partial charge < -0.3 is 4.90 Å². The quantitative estimate of drug-likeness (QED) is 0.738. The van der Waals surface area contributed by atoms with Crippen molar-refractivity contribution in [3.05, 3.63) is 66.2 Å². The summed E-state index contributed by atoms with van der Waals surface area (Å²) >= 11 is 0. The summed E-state index contributed by atoms with van der Waals surface area (Å²) in [5.74, 6) is 0. The number of hydrogen-bond donors (Lipinski definition) is 0. The maximum absolute atomic E-state index is 3.90. The molecule has 92 valence electrons. The van der Waals surface area contributed by atoms with Gasteiger partial charge in [-0.15, -0.1) is 0 Å². The van der Waals surface area contributed by atoms with E-state index in [0.29, 0.717) is 0 Å². The van der Waals surface area contributed by atoms with Crippen molar-refractivity contribution in [1.82, 2.24) is 0 Å². The maximum Gasteiger partial charge on any atom is 0.0484 e. The lowest BCUT2D eigenvalue weighted by molar-refractivity contribution is 1.01. The first-order valence-corrected chi connectivity index (χ1v) is 6.32. The molecule has 0 aromatic heterocycles. The normalized spacial score (nSPS) is 10.1. The van der Waals surface area contributed by atoms with E-state index in [1.165, 1.54) is 22.5 Å². The van der Waals surface area contributed by atoms with Crippen LogP contribution in [0, 0.1) is 6.92 Å². The van der Waals surface area contributed by atoms with Crippen LogP contribution in [0.5, 0.6) is 0 Å². The summed E-state index contributed by atoms with van der Waals surface area (Å²) in [5, 5.41) is 0. The van der Waals surface area contributed by atoms with E-state index in [9.17, 15) is 0 Å². The van der Waals surface area contributed by atoms with Crippen molar-refractivity contribution in [1.29, 1.82) is 0 Å². The van der Waals surface area contributed by atoms with E-state index in [-0.39, 0.29) is 0 Å². The number of hydrogen-bond acceptors (Lipinski definition) is 1. The van der Waals surface area contributed by atoms with Crippen LogP contribution in [0.4, 0.5) is 11.4 Å². The molecule has 1 nitrogen and oxygen atoms in total. The third-order valence-corrected chi connectivity index (χ3v) is 3.17. The van der Waals surface area contributed by atoms with Crippen molar-refractivity contribution in [3.8, 4) is 0 Å². The topological polar surface area (TPSA) is 3.24 Å². The Kier molecular flexibility index (Phi) is 3.83. The van der Waals surface area contributed by atoms with E-state index in [4.69, 9.17) is 0 Å². The maximum atomic E-state index is 3.90. The minimum Gasteiger partial charge on any atom is -0.341 e. The summed E-state index contributed by atoms with van der Waals surface area (Å²) < 4.78 is 0. The highest BCUT2D eigenvalue weighted by atomic mass is 15.1. The molecule has 0 saturated heterocycles. The van der Waals surface area contributed by atoms with E-state index in [1.54, 1.807) is 0 Å². The van der Waals surface area contributed by atoms with Gasteiger partial charge in [-0.2, -0.15) is 0 Å². The van der Waals surface area contributed by atoms with Gasteiger partial charge >= 0.3 is 0 Å². The molecule has 18 heavy (non-hydrogen) atoms. The van der Waals surface area contributed by atoms with Crippen molar-refractivity contribution in [2.45, 2.75) is 13.8 Å². The van der Waals surface area contributed by atoms with Crippen LogP contribution in [-0.4, -0.2) is 6.54 Å². The summed E-state index contributed by atoms with van der Waals surface area (Å²) in [4.78, 5) is 2.33. The summed E-state index contributed by atoms with van der Waals surface area (Å²) in [7, 11) is 0. The molecule has 2 aromatic carbocycles. The molecule has 0 N–H and O–H groups in total. The molecular formula is C17H19N. The van der Waals surface area contributed by atoms with Gasteiger partial charge in [0, 0.05) is 17.9 Å². The lowest BCUT2D eigenvalue weighted by atomic mass is 10.1. The van der Waals surface area contributed by atoms with Crippen LogP contribution in [-0.2, 0) is 0 Å². The molecule has 0 spiro atoms. The molecule has 2 rings (SSSR count). The highest BCUT2D eigenvalue weighted by Crippen LogP contribution is 2.30. The molecule has 0 aliphatic heterocycles. The number of anilines is 2. The van der Waals surface area contributed by atoms with Gasteiger partial charge in [0.15, 0.2) is 0 Å². The lowest BCUT2D eigenvalue weighted by Gasteiger charge is -2.26. The van der Waals surface area contributed by atoms with Crippen molar-refractivity contribution < 1.29 is 0 Å². The van der Waals surface area contributed by atoms with Gasteiger partial charge in [0.1, 0.15) is 0 Å². The van der Waals surface area contributed by atoms with Crippen LogP contribution in [0.25, 0.3) is 6.08 Å². The van der Waals surface area contributed by atoms with E-state index in [0.717, 1.165) is 6.54 Å². The van der Waals surface area contributed by atoms with Crippen molar-refractivity contribution in [2.75, 3.05) is 11.4 Å². The third kappa shape index (κ3) is 2.30. The largest absolute Gasteiger partial charge is 0.341 e. The second-order valence-corrected chi connectivity index (χ2v) is 4.29. The van der Waals surface area contributed by atoms with Gasteiger partial charge in [-0.25, -0.2) is 0 Å². The van der Waals surface area contributed by atoms with E-state index < -0.39 is 0 Å². The van der Waals surface area contributed by atoms with Gasteiger partial charge in [0.25, 0.3) is 0 Å². The Bertz CT molecular complexity index is 543. The van der Waals surface area contributed by atoms with Gasteiger partial charge in [-0.05, 0) is 37.1 Å². The average Bonchev–Trinajstić information content (AvgIpc) is 2.42. The second kappa shape index (κ2) is 5.54. The number of benzene rings is 2. The smallest absolute Gasteiger partial charge is 0.0484 e. The number of para-hydroxylation sites is 2. The van der Waals surface area contributed by atoms with E-state index >= 15 is 0 Å². The van der Waals surface area contributed by atoms with Gasteiger partial charge in [0.2, 0.25) is 0 Å². The van der Waals surface area contributed by atoms with Gasteiger partial charge in [-0.1, -0.05) is 49.1 Å².